The average Bonchev–Trinajstić information content (AvgIpc) is 2.75. The highest BCUT2D eigenvalue weighted by atomic mass is 127. The van der Waals surface area contributed by atoms with Crippen molar-refractivity contribution in [3.8, 4) is 11.3 Å². The molecule has 0 spiro atoms. The molecule has 0 amide bonds. The standard InChI is InChI=1S/C12H13IN2O/c1-2-14-7-10-8-15-16-12(10)9-3-5-11(13)6-4-9/h3-6,8,14H,2,7H2,1H3. The summed E-state index contributed by atoms with van der Waals surface area (Å²) in [7, 11) is 0. The van der Waals surface area contributed by atoms with Crippen LogP contribution in [0.5, 0.6) is 0 Å². The summed E-state index contributed by atoms with van der Waals surface area (Å²) in [6.45, 7) is 3.82. The Morgan fingerprint density at radius 2 is 2.06 bits per heavy atom. The largest absolute Gasteiger partial charge is 0.356 e. The number of rotatable bonds is 4. The molecule has 0 aliphatic heterocycles. The van der Waals surface area contributed by atoms with Gasteiger partial charge in [-0.3, -0.25) is 0 Å². The van der Waals surface area contributed by atoms with Gasteiger partial charge in [0.2, 0.25) is 0 Å². The lowest BCUT2D eigenvalue weighted by atomic mass is 10.1. The van der Waals surface area contributed by atoms with Crippen molar-refractivity contribution in [2.45, 2.75) is 13.5 Å². The van der Waals surface area contributed by atoms with Gasteiger partial charge in [-0.25, -0.2) is 0 Å². The summed E-state index contributed by atoms with van der Waals surface area (Å²) in [6, 6.07) is 8.24. The minimum absolute atomic E-state index is 0.793. The zero-order valence-electron chi connectivity index (χ0n) is 9.03. The fraction of sp³-hybridized carbons (Fsp3) is 0.250. The van der Waals surface area contributed by atoms with E-state index in [2.05, 4.69) is 64.3 Å². The summed E-state index contributed by atoms with van der Waals surface area (Å²) in [5.74, 6) is 0.859. The van der Waals surface area contributed by atoms with Crippen molar-refractivity contribution in [1.29, 1.82) is 0 Å². The average molecular weight is 328 g/mol. The normalized spacial score (nSPS) is 10.6. The second-order valence-electron chi connectivity index (χ2n) is 3.47. The molecular formula is C12H13IN2O. The summed E-state index contributed by atoms with van der Waals surface area (Å²) in [5.41, 5.74) is 2.17. The molecule has 0 saturated carbocycles. The van der Waals surface area contributed by atoms with Crippen molar-refractivity contribution in [3.63, 3.8) is 0 Å². The van der Waals surface area contributed by atoms with Crippen molar-refractivity contribution < 1.29 is 4.52 Å². The first-order valence-corrected chi connectivity index (χ1v) is 6.29. The van der Waals surface area contributed by atoms with Gasteiger partial charge in [-0.15, -0.1) is 0 Å². The van der Waals surface area contributed by atoms with Gasteiger partial charge in [-0.2, -0.15) is 0 Å². The third-order valence-electron chi connectivity index (χ3n) is 2.32. The van der Waals surface area contributed by atoms with E-state index in [1.54, 1.807) is 6.20 Å². The molecule has 0 aliphatic carbocycles. The van der Waals surface area contributed by atoms with E-state index >= 15 is 0 Å². The lowest BCUT2D eigenvalue weighted by Crippen LogP contribution is -2.11. The van der Waals surface area contributed by atoms with Gasteiger partial charge in [0.1, 0.15) is 0 Å². The van der Waals surface area contributed by atoms with E-state index in [1.165, 1.54) is 3.57 Å². The lowest BCUT2D eigenvalue weighted by Gasteiger charge is -2.01. The van der Waals surface area contributed by atoms with E-state index in [0.29, 0.717) is 0 Å². The second kappa shape index (κ2) is 5.45. The van der Waals surface area contributed by atoms with E-state index in [4.69, 9.17) is 4.52 Å². The van der Waals surface area contributed by atoms with E-state index in [9.17, 15) is 0 Å². The maximum atomic E-state index is 5.30. The summed E-state index contributed by atoms with van der Waals surface area (Å²) in [5, 5.41) is 7.13. The van der Waals surface area contributed by atoms with Crippen LogP contribution in [0.3, 0.4) is 0 Å². The van der Waals surface area contributed by atoms with Crippen molar-refractivity contribution >= 4 is 22.6 Å². The Hall–Kier alpha value is -0.880. The van der Waals surface area contributed by atoms with E-state index in [0.717, 1.165) is 30.0 Å². The van der Waals surface area contributed by atoms with Crippen molar-refractivity contribution in [1.82, 2.24) is 10.5 Å². The minimum Gasteiger partial charge on any atom is -0.356 e. The van der Waals surface area contributed by atoms with Crippen LogP contribution in [0.2, 0.25) is 0 Å². The molecule has 2 aromatic rings. The topological polar surface area (TPSA) is 38.1 Å². The van der Waals surface area contributed by atoms with Crippen LogP contribution in [0, 0.1) is 3.57 Å². The predicted octanol–water partition coefficient (Wildman–Crippen LogP) is 3.06. The van der Waals surface area contributed by atoms with Crippen LogP contribution < -0.4 is 5.32 Å². The smallest absolute Gasteiger partial charge is 0.171 e. The van der Waals surface area contributed by atoms with Crippen molar-refractivity contribution in [2.75, 3.05) is 6.54 Å². The van der Waals surface area contributed by atoms with Crippen LogP contribution in [0.15, 0.2) is 35.0 Å². The quantitative estimate of drug-likeness (QED) is 0.877. The van der Waals surface area contributed by atoms with Gasteiger partial charge in [-0.1, -0.05) is 24.2 Å². The minimum atomic E-state index is 0.793. The fourth-order valence-electron chi connectivity index (χ4n) is 1.48. The Labute approximate surface area is 108 Å². The molecule has 1 aromatic heterocycles. The number of hydrogen-bond donors (Lipinski definition) is 1. The van der Waals surface area contributed by atoms with Crippen molar-refractivity contribution in [3.05, 3.63) is 39.6 Å². The Morgan fingerprint density at radius 1 is 1.31 bits per heavy atom. The van der Waals surface area contributed by atoms with Gasteiger partial charge in [-0.05, 0) is 41.3 Å². The van der Waals surface area contributed by atoms with E-state index in [-0.39, 0.29) is 0 Å². The van der Waals surface area contributed by atoms with Gasteiger partial charge in [0, 0.05) is 21.2 Å². The molecule has 0 radical (unpaired) electrons. The predicted molar refractivity (Wildman–Crippen MR) is 72.0 cm³/mol. The third-order valence-corrected chi connectivity index (χ3v) is 3.04. The van der Waals surface area contributed by atoms with Gasteiger partial charge < -0.3 is 9.84 Å². The van der Waals surface area contributed by atoms with Gasteiger partial charge in [0.25, 0.3) is 0 Å². The molecule has 1 heterocycles. The molecule has 0 saturated heterocycles. The number of benzene rings is 1. The Balaban J connectivity index is 2.26. The highest BCUT2D eigenvalue weighted by Crippen LogP contribution is 2.24. The molecular weight excluding hydrogens is 315 g/mol. The molecule has 3 nitrogen and oxygen atoms in total. The number of nitrogens with one attached hydrogen (secondary N) is 1. The van der Waals surface area contributed by atoms with Crippen LogP contribution >= 0.6 is 22.6 Å². The first kappa shape index (κ1) is 11.6. The van der Waals surface area contributed by atoms with Gasteiger partial charge in [0.05, 0.1) is 6.20 Å². The molecule has 2 rings (SSSR count). The summed E-state index contributed by atoms with van der Waals surface area (Å²) in [6.07, 6.45) is 1.77. The van der Waals surface area contributed by atoms with Crippen molar-refractivity contribution in [2.24, 2.45) is 0 Å². The van der Waals surface area contributed by atoms with Gasteiger partial charge in [0.15, 0.2) is 5.76 Å². The number of aromatic nitrogens is 1. The third kappa shape index (κ3) is 2.62. The number of hydrogen-bond acceptors (Lipinski definition) is 3. The molecule has 0 unspecified atom stereocenters. The fourth-order valence-corrected chi connectivity index (χ4v) is 1.84. The Kier molecular flexibility index (Phi) is 3.95. The number of nitrogens with zero attached hydrogens (tertiary/aromatic N) is 1. The van der Waals surface area contributed by atoms with Crippen LogP contribution in [-0.4, -0.2) is 11.7 Å². The molecule has 16 heavy (non-hydrogen) atoms. The highest BCUT2D eigenvalue weighted by molar-refractivity contribution is 14.1. The molecule has 0 aliphatic rings. The summed E-state index contributed by atoms with van der Waals surface area (Å²) >= 11 is 2.29. The molecule has 0 bridgehead atoms. The Morgan fingerprint density at radius 3 is 2.75 bits per heavy atom. The molecule has 84 valence electrons. The van der Waals surface area contributed by atoms with Crippen LogP contribution in [-0.2, 0) is 6.54 Å². The first-order chi connectivity index (χ1) is 7.81. The summed E-state index contributed by atoms with van der Waals surface area (Å²) < 4.78 is 6.51. The first-order valence-electron chi connectivity index (χ1n) is 5.21. The molecule has 0 atom stereocenters. The maximum absolute atomic E-state index is 5.30. The zero-order chi connectivity index (χ0) is 11.4. The monoisotopic (exact) mass is 328 g/mol. The zero-order valence-corrected chi connectivity index (χ0v) is 11.2. The molecule has 0 fully saturated rings. The second-order valence-corrected chi connectivity index (χ2v) is 4.71. The van der Waals surface area contributed by atoms with Crippen LogP contribution in [0.1, 0.15) is 12.5 Å². The lowest BCUT2D eigenvalue weighted by molar-refractivity contribution is 0.431. The highest BCUT2D eigenvalue weighted by Gasteiger charge is 2.09. The maximum Gasteiger partial charge on any atom is 0.171 e. The molecule has 1 N–H and O–H groups in total. The summed E-state index contributed by atoms with van der Waals surface area (Å²) in [4.78, 5) is 0. The number of halogens is 1. The van der Waals surface area contributed by atoms with Gasteiger partial charge >= 0.3 is 0 Å². The molecule has 1 aromatic carbocycles. The van der Waals surface area contributed by atoms with E-state index < -0.39 is 0 Å². The Bertz CT molecular complexity index is 450. The molecule has 4 heteroatoms. The van der Waals surface area contributed by atoms with Crippen LogP contribution in [0.4, 0.5) is 0 Å². The van der Waals surface area contributed by atoms with Crippen LogP contribution in [0.25, 0.3) is 11.3 Å². The van der Waals surface area contributed by atoms with E-state index in [1.807, 2.05) is 0 Å². The SMILES string of the molecule is CCNCc1cnoc1-c1ccc(I)cc1.